The molecule has 0 aliphatic heterocycles. The van der Waals surface area contributed by atoms with Gasteiger partial charge in [0.25, 0.3) is 0 Å². The first-order valence-electron chi connectivity index (χ1n) is 10.1. The summed E-state index contributed by atoms with van der Waals surface area (Å²) in [5, 5.41) is 0. The molecule has 0 aromatic rings. The van der Waals surface area contributed by atoms with Crippen molar-refractivity contribution in [1.29, 1.82) is 0 Å². The molecule has 0 unspecified atom stereocenters. The standard InChI is InChI=1S/C22H38/c1-3-7-19-11-15-21(16-12-19)9-5-6-10-22-17-13-20(8-4-2)14-18-22/h3,5-7,19-22H,4,8-18H2,1-2H3/b6-5-,7-3?. The molecule has 0 spiro atoms. The van der Waals surface area contributed by atoms with E-state index in [0.29, 0.717) is 0 Å². The third-order valence-corrected chi connectivity index (χ3v) is 6.12. The van der Waals surface area contributed by atoms with Gasteiger partial charge >= 0.3 is 0 Å². The van der Waals surface area contributed by atoms with Crippen molar-refractivity contribution in [3.8, 4) is 0 Å². The van der Waals surface area contributed by atoms with E-state index in [4.69, 9.17) is 0 Å². The minimum atomic E-state index is 0.878. The van der Waals surface area contributed by atoms with Gasteiger partial charge in [0.1, 0.15) is 0 Å². The van der Waals surface area contributed by atoms with Crippen LogP contribution in [-0.2, 0) is 0 Å². The molecule has 0 heteroatoms. The van der Waals surface area contributed by atoms with Crippen LogP contribution in [0.3, 0.4) is 0 Å². The Balaban J connectivity index is 1.55. The van der Waals surface area contributed by atoms with Crippen LogP contribution in [-0.4, -0.2) is 0 Å². The van der Waals surface area contributed by atoms with Crippen LogP contribution in [0.25, 0.3) is 0 Å². The molecule has 2 fully saturated rings. The largest absolute Gasteiger partial charge is 0.0914 e. The molecule has 22 heavy (non-hydrogen) atoms. The van der Waals surface area contributed by atoms with Gasteiger partial charge in [-0.05, 0) is 82.0 Å². The Labute approximate surface area is 139 Å². The average Bonchev–Trinajstić information content (AvgIpc) is 2.55. The maximum absolute atomic E-state index is 2.52. The molecule has 0 amide bonds. The summed E-state index contributed by atoms with van der Waals surface area (Å²) in [6.07, 6.45) is 26.9. The van der Waals surface area contributed by atoms with Gasteiger partial charge in [-0.3, -0.25) is 0 Å². The van der Waals surface area contributed by atoms with Crippen molar-refractivity contribution in [2.24, 2.45) is 23.7 Å². The van der Waals surface area contributed by atoms with Crippen molar-refractivity contribution in [3.63, 3.8) is 0 Å². The third kappa shape index (κ3) is 6.31. The maximum Gasteiger partial charge on any atom is -0.0233 e. The number of rotatable bonds is 7. The summed E-state index contributed by atoms with van der Waals surface area (Å²) in [5.74, 6) is 3.90. The van der Waals surface area contributed by atoms with Crippen LogP contribution in [0.15, 0.2) is 24.3 Å². The van der Waals surface area contributed by atoms with Crippen LogP contribution >= 0.6 is 0 Å². The van der Waals surface area contributed by atoms with Crippen molar-refractivity contribution in [1.82, 2.24) is 0 Å². The minimum Gasteiger partial charge on any atom is -0.0914 e. The van der Waals surface area contributed by atoms with Gasteiger partial charge < -0.3 is 0 Å². The predicted octanol–water partition coefficient (Wildman–Crippen LogP) is 7.31. The molecular weight excluding hydrogens is 264 g/mol. The lowest BCUT2D eigenvalue weighted by Gasteiger charge is -2.28. The summed E-state index contributed by atoms with van der Waals surface area (Å²) >= 11 is 0. The Morgan fingerprint density at radius 1 is 0.727 bits per heavy atom. The molecule has 0 N–H and O–H groups in total. The first kappa shape index (κ1) is 17.8. The molecule has 0 radical (unpaired) electrons. The second-order valence-electron chi connectivity index (χ2n) is 7.92. The van der Waals surface area contributed by atoms with Gasteiger partial charge in [-0.2, -0.15) is 0 Å². The third-order valence-electron chi connectivity index (χ3n) is 6.12. The fourth-order valence-electron chi connectivity index (χ4n) is 4.63. The Bertz CT molecular complexity index is 322. The molecule has 0 aromatic heterocycles. The predicted molar refractivity (Wildman–Crippen MR) is 99.0 cm³/mol. The van der Waals surface area contributed by atoms with Crippen molar-refractivity contribution in [3.05, 3.63) is 24.3 Å². The van der Waals surface area contributed by atoms with Crippen LogP contribution < -0.4 is 0 Å². The monoisotopic (exact) mass is 302 g/mol. The molecule has 2 saturated carbocycles. The van der Waals surface area contributed by atoms with Gasteiger partial charge in [0.2, 0.25) is 0 Å². The molecule has 0 bridgehead atoms. The lowest BCUT2D eigenvalue weighted by molar-refractivity contribution is 0.263. The quantitative estimate of drug-likeness (QED) is 0.432. The lowest BCUT2D eigenvalue weighted by Crippen LogP contribution is -2.14. The molecule has 2 aliphatic carbocycles. The van der Waals surface area contributed by atoms with Crippen molar-refractivity contribution in [2.75, 3.05) is 0 Å². The fourth-order valence-corrected chi connectivity index (χ4v) is 4.63. The summed E-state index contributed by atoms with van der Waals surface area (Å²) < 4.78 is 0. The van der Waals surface area contributed by atoms with Crippen LogP contribution in [0.4, 0.5) is 0 Å². The van der Waals surface area contributed by atoms with Crippen molar-refractivity contribution in [2.45, 2.75) is 90.9 Å². The molecule has 2 rings (SSSR count). The smallest absolute Gasteiger partial charge is 0.0233 e. The Kier molecular flexibility index (Phi) is 8.34. The zero-order valence-electron chi connectivity index (χ0n) is 15.1. The van der Waals surface area contributed by atoms with E-state index in [-0.39, 0.29) is 0 Å². The summed E-state index contributed by atoms with van der Waals surface area (Å²) in [7, 11) is 0. The highest BCUT2D eigenvalue weighted by molar-refractivity contribution is 4.92. The summed E-state index contributed by atoms with van der Waals surface area (Å²) in [4.78, 5) is 0. The van der Waals surface area contributed by atoms with E-state index < -0.39 is 0 Å². The van der Waals surface area contributed by atoms with E-state index in [1.807, 2.05) is 0 Å². The average molecular weight is 303 g/mol. The summed E-state index contributed by atoms with van der Waals surface area (Å²) in [5.41, 5.74) is 0. The van der Waals surface area contributed by atoms with Gasteiger partial charge in [-0.15, -0.1) is 0 Å². The molecule has 0 aromatic carbocycles. The zero-order chi connectivity index (χ0) is 15.6. The first-order valence-corrected chi connectivity index (χ1v) is 10.1. The molecule has 2 aliphatic rings. The molecule has 0 heterocycles. The van der Waals surface area contributed by atoms with Gasteiger partial charge in [-0.1, -0.05) is 56.9 Å². The van der Waals surface area contributed by atoms with E-state index in [2.05, 4.69) is 38.2 Å². The van der Waals surface area contributed by atoms with E-state index in [1.165, 1.54) is 77.0 Å². The van der Waals surface area contributed by atoms with Gasteiger partial charge in [0.15, 0.2) is 0 Å². The molecule has 0 atom stereocenters. The Morgan fingerprint density at radius 3 is 1.73 bits per heavy atom. The first-order chi connectivity index (χ1) is 10.8. The molecular formula is C22H38. The number of hydrogen-bond donors (Lipinski definition) is 0. The topological polar surface area (TPSA) is 0 Å². The van der Waals surface area contributed by atoms with E-state index in [1.54, 1.807) is 0 Å². The van der Waals surface area contributed by atoms with Crippen LogP contribution in [0.5, 0.6) is 0 Å². The highest BCUT2D eigenvalue weighted by Crippen LogP contribution is 2.34. The van der Waals surface area contributed by atoms with Crippen LogP contribution in [0.2, 0.25) is 0 Å². The highest BCUT2D eigenvalue weighted by Gasteiger charge is 2.20. The van der Waals surface area contributed by atoms with Gasteiger partial charge in [-0.25, -0.2) is 0 Å². The minimum absolute atomic E-state index is 0.878. The number of hydrogen-bond acceptors (Lipinski definition) is 0. The number of allylic oxidation sites excluding steroid dienone is 4. The normalized spacial score (nSPS) is 33.7. The molecule has 126 valence electrons. The van der Waals surface area contributed by atoms with Gasteiger partial charge in [0, 0.05) is 0 Å². The second kappa shape index (κ2) is 10.3. The van der Waals surface area contributed by atoms with E-state index >= 15 is 0 Å². The zero-order valence-corrected chi connectivity index (χ0v) is 15.1. The van der Waals surface area contributed by atoms with E-state index in [9.17, 15) is 0 Å². The molecule has 0 nitrogen and oxygen atoms in total. The SMILES string of the molecule is CC=CC1CCC(C/C=C\CC2CCC(CCC)CC2)CC1. The summed E-state index contributed by atoms with van der Waals surface area (Å²) in [6, 6.07) is 0. The van der Waals surface area contributed by atoms with E-state index in [0.717, 1.165) is 23.7 Å². The Hall–Kier alpha value is -0.520. The second-order valence-corrected chi connectivity index (χ2v) is 7.92. The van der Waals surface area contributed by atoms with Crippen LogP contribution in [0.1, 0.15) is 90.9 Å². The Morgan fingerprint density at radius 2 is 1.23 bits per heavy atom. The lowest BCUT2D eigenvalue weighted by atomic mass is 9.78. The van der Waals surface area contributed by atoms with Gasteiger partial charge in [0.05, 0.1) is 0 Å². The van der Waals surface area contributed by atoms with Crippen molar-refractivity contribution < 1.29 is 0 Å². The maximum atomic E-state index is 2.52. The fraction of sp³-hybridized carbons (Fsp3) is 0.818. The van der Waals surface area contributed by atoms with Crippen molar-refractivity contribution >= 4 is 0 Å². The summed E-state index contributed by atoms with van der Waals surface area (Å²) in [6.45, 7) is 4.49. The highest BCUT2D eigenvalue weighted by atomic mass is 14.3. The molecule has 0 saturated heterocycles. The van der Waals surface area contributed by atoms with Crippen LogP contribution in [0, 0.1) is 23.7 Å².